The Hall–Kier alpha value is -2.74. The molecule has 0 saturated carbocycles. The van der Waals surface area contributed by atoms with Crippen LogP contribution in [0.25, 0.3) is 11.4 Å². The average Bonchev–Trinajstić information content (AvgIpc) is 3.21. The number of nitrogens with zero attached hydrogens (tertiary/aromatic N) is 4. The van der Waals surface area contributed by atoms with Gasteiger partial charge in [0.1, 0.15) is 11.4 Å². The number of fused-ring (bicyclic) bond motifs is 1. The van der Waals surface area contributed by atoms with Gasteiger partial charge in [0.25, 0.3) is 0 Å². The number of aromatic nitrogens is 6. The van der Waals surface area contributed by atoms with E-state index < -0.39 is 5.60 Å². The number of ether oxygens (including phenoxy) is 1. The summed E-state index contributed by atoms with van der Waals surface area (Å²) in [5.74, 6) is 2.03. The molecular weight excluding hydrogens is 294 g/mol. The van der Waals surface area contributed by atoms with Crippen molar-refractivity contribution in [1.82, 2.24) is 30.4 Å². The first-order valence-electron chi connectivity index (χ1n) is 7.36. The molecule has 0 radical (unpaired) electrons. The molecule has 8 heteroatoms. The van der Waals surface area contributed by atoms with Crippen LogP contribution in [0.2, 0.25) is 0 Å². The fourth-order valence-corrected chi connectivity index (χ4v) is 2.65. The van der Waals surface area contributed by atoms with Crippen molar-refractivity contribution in [3.8, 4) is 11.4 Å². The van der Waals surface area contributed by atoms with Crippen molar-refractivity contribution in [3.63, 3.8) is 0 Å². The summed E-state index contributed by atoms with van der Waals surface area (Å²) in [5, 5.41) is 17.1. The van der Waals surface area contributed by atoms with Crippen LogP contribution in [0, 0.1) is 6.92 Å². The van der Waals surface area contributed by atoms with Crippen molar-refractivity contribution >= 4 is 11.6 Å². The Morgan fingerprint density at radius 1 is 1.30 bits per heavy atom. The van der Waals surface area contributed by atoms with Gasteiger partial charge in [-0.2, -0.15) is 10.2 Å². The van der Waals surface area contributed by atoms with Gasteiger partial charge < -0.3 is 10.1 Å². The molecule has 0 amide bonds. The molecule has 8 nitrogen and oxygen atoms in total. The van der Waals surface area contributed by atoms with Gasteiger partial charge in [-0.15, -0.1) is 0 Å². The van der Waals surface area contributed by atoms with Crippen LogP contribution >= 0.6 is 0 Å². The highest BCUT2D eigenvalue weighted by molar-refractivity contribution is 5.63. The largest absolute Gasteiger partial charge is 0.364 e. The third-order valence-corrected chi connectivity index (χ3v) is 3.86. The summed E-state index contributed by atoms with van der Waals surface area (Å²) < 4.78 is 5.87. The first kappa shape index (κ1) is 13.9. The highest BCUT2D eigenvalue weighted by Crippen LogP contribution is 2.39. The van der Waals surface area contributed by atoms with Gasteiger partial charge in [-0.3, -0.25) is 10.2 Å². The molecule has 4 heterocycles. The van der Waals surface area contributed by atoms with E-state index in [4.69, 9.17) is 9.72 Å². The van der Waals surface area contributed by atoms with Crippen LogP contribution in [-0.2, 0) is 16.9 Å². The Morgan fingerprint density at radius 3 is 2.87 bits per heavy atom. The van der Waals surface area contributed by atoms with E-state index in [0.717, 1.165) is 22.5 Å². The molecule has 118 valence electrons. The number of hydrogen-bond donors (Lipinski definition) is 3. The van der Waals surface area contributed by atoms with Gasteiger partial charge in [0, 0.05) is 23.5 Å². The fraction of sp³-hybridized carbons (Fsp3) is 0.333. The van der Waals surface area contributed by atoms with Crippen LogP contribution < -0.4 is 5.32 Å². The molecule has 23 heavy (non-hydrogen) atoms. The Labute approximate surface area is 132 Å². The molecule has 1 aliphatic rings. The van der Waals surface area contributed by atoms with Crippen molar-refractivity contribution in [1.29, 1.82) is 0 Å². The molecule has 3 aromatic rings. The Balaban J connectivity index is 1.84. The Morgan fingerprint density at radius 2 is 2.17 bits per heavy atom. The average molecular weight is 311 g/mol. The molecule has 0 fully saturated rings. The number of rotatable bonds is 3. The van der Waals surface area contributed by atoms with E-state index in [1.54, 1.807) is 12.4 Å². The number of nitrogens with one attached hydrogen (secondary N) is 3. The molecule has 0 saturated heterocycles. The number of hydrogen-bond acceptors (Lipinski definition) is 6. The molecule has 4 rings (SSSR count). The van der Waals surface area contributed by atoms with Gasteiger partial charge in [0.05, 0.1) is 24.1 Å². The smallest absolute Gasteiger partial charge is 0.165 e. The second kappa shape index (κ2) is 4.88. The molecule has 0 aliphatic carbocycles. The van der Waals surface area contributed by atoms with E-state index in [1.807, 2.05) is 26.8 Å². The minimum absolute atomic E-state index is 0.450. The van der Waals surface area contributed by atoms with Crippen molar-refractivity contribution in [2.75, 3.05) is 5.32 Å². The van der Waals surface area contributed by atoms with E-state index in [9.17, 15) is 0 Å². The standard InChI is InChI=1S/C15H17N7O/c1-8-4-11(22-21-8)18-14-10-7-23-15(2,3)12(10)19-13(20-14)9-5-16-17-6-9/h4-6H,7H2,1-3H3,(H,16,17)(H2,18,19,20,21,22). The fourth-order valence-electron chi connectivity index (χ4n) is 2.65. The van der Waals surface area contributed by atoms with Crippen molar-refractivity contribution in [2.45, 2.75) is 33.0 Å². The van der Waals surface area contributed by atoms with Crippen LogP contribution in [0.5, 0.6) is 0 Å². The van der Waals surface area contributed by atoms with Crippen LogP contribution in [0.4, 0.5) is 11.6 Å². The maximum atomic E-state index is 5.87. The Bertz CT molecular complexity index is 851. The molecule has 0 atom stereocenters. The second-order valence-corrected chi connectivity index (χ2v) is 6.07. The minimum Gasteiger partial charge on any atom is -0.364 e. The first-order valence-corrected chi connectivity index (χ1v) is 7.36. The quantitative estimate of drug-likeness (QED) is 0.686. The summed E-state index contributed by atoms with van der Waals surface area (Å²) in [6.45, 7) is 6.44. The lowest BCUT2D eigenvalue weighted by molar-refractivity contribution is -0.00995. The maximum Gasteiger partial charge on any atom is 0.165 e. The van der Waals surface area contributed by atoms with E-state index >= 15 is 0 Å². The van der Waals surface area contributed by atoms with Crippen molar-refractivity contribution < 1.29 is 4.74 Å². The molecule has 0 spiro atoms. The third kappa shape index (κ3) is 2.36. The van der Waals surface area contributed by atoms with E-state index in [2.05, 4.69) is 30.7 Å². The first-order chi connectivity index (χ1) is 11.0. The van der Waals surface area contributed by atoms with Gasteiger partial charge >= 0.3 is 0 Å². The minimum atomic E-state index is -0.450. The molecule has 0 aromatic carbocycles. The topological polar surface area (TPSA) is 104 Å². The van der Waals surface area contributed by atoms with E-state index in [0.29, 0.717) is 24.1 Å². The van der Waals surface area contributed by atoms with Crippen molar-refractivity contribution in [2.24, 2.45) is 0 Å². The molecule has 3 N–H and O–H groups in total. The van der Waals surface area contributed by atoms with Gasteiger partial charge in [0.2, 0.25) is 0 Å². The predicted octanol–water partition coefficient (Wildman–Crippen LogP) is 2.41. The van der Waals surface area contributed by atoms with Gasteiger partial charge in [-0.1, -0.05) is 0 Å². The number of aromatic amines is 2. The number of H-pyrrole nitrogens is 2. The summed E-state index contributed by atoms with van der Waals surface area (Å²) in [6, 6.07) is 1.92. The zero-order chi connectivity index (χ0) is 16.0. The van der Waals surface area contributed by atoms with Crippen molar-refractivity contribution in [3.05, 3.63) is 35.4 Å². The highest BCUT2D eigenvalue weighted by atomic mass is 16.5. The predicted molar refractivity (Wildman–Crippen MR) is 84.0 cm³/mol. The normalized spacial score (nSPS) is 15.6. The number of anilines is 2. The summed E-state index contributed by atoms with van der Waals surface area (Å²) in [6.07, 6.45) is 3.47. The summed E-state index contributed by atoms with van der Waals surface area (Å²) in [7, 11) is 0. The summed E-state index contributed by atoms with van der Waals surface area (Å²) >= 11 is 0. The molecule has 3 aromatic heterocycles. The van der Waals surface area contributed by atoms with Gasteiger partial charge in [-0.25, -0.2) is 9.97 Å². The second-order valence-electron chi connectivity index (χ2n) is 6.07. The maximum absolute atomic E-state index is 5.87. The third-order valence-electron chi connectivity index (χ3n) is 3.86. The molecule has 1 aliphatic heterocycles. The lowest BCUT2D eigenvalue weighted by Gasteiger charge is -2.18. The van der Waals surface area contributed by atoms with Crippen LogP contribution in [0.1, 0.15) is 30.8 Å². The summed E-state index contributed by atoms with van der Waals surface area (Å²) in [5.41, 5.74) is 3.21. The number of aryl methyl sites for hydroxylation is 1. The van der Waals surface area contributed by atoms with Crippen LogP contribution in [-0.4, -0.2) is 30.4 Å². The molecule has 0 bridgehead atoms. The lowest BCUT2D eigenvalue weighted by atomic mass is 10.0. The summed E-state index contributed by atoms with van der Waals surface area (Å²) in [4.78, 5) is 9.33. The monoisotopic (exact) mass is 311 g/mol. The lowest BCUT2D eigenvalue weighted by Crippen LogP contribution is -2.17. The van der Waals surface area contributed by atoms with Crippen LogP contribution in [0.3, 0.4) is 0 Å². The zero-order valence-electron chi connectivity index (χ0n) is 13.1. The van der Waals surface area contributed by atoms with E-state index in [1.165, 1.54) is 0 Å². The molecule has 0 unspecified atom stereocenters. The van der Waals surface area contributed by atoms with Crippen LogP contribution in [0.15, 0.2) is 18.5 Å². The molecular formula is C15H17N7O. The van der Waals surface area contributed by atoms with Gasteiger partial charge in [-0.05, 0) is 20.8 Å². The zero-order valence-corrected chi connectivity index (χ0v) is 13.1. The SMILES string of the molecule is Cc1cc(Nc2nc(-c3cn[nH]c3)nc3c2COC3(C)C)n[nH]1. The Kier molecular flexibility index (Phi) is 2.95. The highest BCUT2D eigenvalue weighted by Gasteiger charge is 2.36. The van der Waals surface area contributed by atoms with E-state index in [-0.39, 0.29) is 0 Å². The van der Waals surface area contributed by atoms with Gasteiger partial charge in [0.15, 0.2) is 11.6 Å².